The smallest absolute Gasteiger partial charge is 0.271 e. The number of anilines is 1. The molecule has 2 aromatic rings. The van der Waals surface area contributed by atoms with Gasteiger partial charge < -0.3 is 10.2 Å². The Labute approximate surface area is 171 Å². The first-order valence-electron chi connectivity index (χ1n) is 9.65. The molecule has 0 spiro atoms. The van der Waals surface area contributed by atoms with Gasteiger partial charge in [-0.25, -0.2) is 8.42 Å². The summed E-state index contributed by atoms with van der Waals surface area (Å²) in [4.78, 5) is 15.1. The van der Waals surface area contributed by atoms with Crippen LogP contribution in [0.2, 0.25) is 0 Å². The number of carbonyl (C=O) groups excluding carboxylic acids is 1. The highest BCUT2D eigenvalue weighted by atomic mass is 32.2. The third-order valence-corrected chi connectivity index (χ3v) is 7.79. The predicted molar refractivity (Wildman–Crippen MR) is 113 cm³/mol. The second-order valence-corrected chi connectivity index (χ2v) is 9.93. The highest BCUT2D eigenvalue weighted by molar-refractivity contribution is 7.94. The minimum absolute atomic E-state index is 0.221. The van der Waals surface area contributed by atoms with Crippen molar-refractivity contribution < 1.29 is 13.2 Å². The van der Waals surface area contributed by atoms with Crippen molar-refractivity contribution in [1.29, 1.82) is 0 Å². The molecule has 1 amide bonds. The minimum atomic E-state index is -3.69. The van der Waals surface area contributed by atoms with Crippen LogP contribution in [0.5, 0.6) is 0 Å². The van der Waals surface area contributed by atoms with Gasteiger partial charge in [0, 0.05) is 19.1 Å². The molecule has 28 heavy (non-hydrogen) atoms. The molecule has 1 aromatic heterocycles. The molecule has 1 saturated heterocycles. The molecule has 2 N–H and O–H groups in total. The molecule has 1 aliphatic rings. The van der Waals surface area contributed by atoms with E-state index < -0.39 is 10.0 Å². The van der Waals surface area contributed by atoms with Gasteiger partial charge in [0.15, 0.2) is 0 Å². The lowest BCUT2D eigenvalue weighted by Crippen LogP contribution is -2.39. The van der Waals surface area contributed by atoms with E-state index in [4.69, 9.17) is 0 Å². The fraction of sp³-hybridized carbons (Fsp3) is 0.450. The van der Waals surface area contributed by atoms with Crippen molar-refractivity contribution in [2.24, 2.45) is 0 Å². The Kier molecular flexibility index (Phi) is 7.09. The average molecular weight is 422 g/mol. The largest absolute Gasteiger partial charge is 0.352 e. The molecule has 0 radical (unpaired) electrons. The number of sulfonamides is 1. The maximum atomic E-state index is 12.6. The quantitative estimate of drug-likeness (QED) is 0.639. The molecule has 2 heterocycles. The maximum Gasteiger partial charge on any atom is 0.271 e. The van der Waals surface area contributed by atoms with Gasteiger partial charge in [-0.05, 0) is 56.3 Å². The molecule has 0 unspecified atom stereocenters. The highest BCUT2D eigenvalue weighted by Gasteiger charge is 2.20. The summed E-state index contributed by atoms with van der Waals surface area (Å²) in [7, 11) is -3.69. The topological polar surface area (TPSA) is 78.5 Å². The van der Waals surface area contributed by atoms with Crippen LogP contribution in [0.4, 0.5) is 5.69 Å². The number of nitrogens with one attached hydrogen (secondary N) is 2. The van der Waals surface area contributed by atoms with Crippen molar-refractivity contribution in [2.75, 3.05) is 24.4 Å². The molecular weight excluding hydrogens is 394 g/mol. The van der Waals surface area contributed by atoms with Crippen LogP contribution in [0.3, 0.4) is 0 Å². The van der Waals surface area contributed by atoms with E-state index in [2.05, 4.69) is 21.9 Å². The number of rotatable bonds is 8. The maximum absolute atomic E-state index is 12.6. The second-order valence-electron chi connectivity index (χ2n) is 7.07. The number of hydrogen-bond acceptors (Lipinski definition) is 5. The molecule has 1 fully saturated rings. The van der Waals surface area contributed by atoms with E-state index in [9.17, 15) is 13.2 Å². The van der Waals surface area contributed by atoms with Crippen molar-refractivity contribution in [3.05, 3.63) is 47.3 Å². The summed E-state index contributed by atoms with van der Waals surface area (Å²) < 4.78 is 27.7. The lowest BCUT2D eigenvalue weighted by atomic mass is 10.0. The van der Waals surface area contributed by atoms with E-state index in [1.165, 1.54) is 25.3 Å². The van der Waals surface area contributed by atoms with Crippen LogP contribution in [0, 0.1) is 0 Å². The molecule has 1 aromatic carbocycles. The standard InChI is InChI=1S/C20H27N3O3S2/c1-16-8-4-5-13-23(16)14-7-12-21-20(24)17-9-2-3-10-18(17)22-28(25,26)19-11-6-15-27-19/h2-3,6,9-11,15-16,22H,4-5,7-8,12-14H2,1H3,(H,21,24)/t16-/m0/s1. The lowest BCUT2D eigenvalue weighted by molar-refractivity contribution is 0.0950. The fourth-order valence-electron chi connectivity index (χ4n) is 3.45. The Hall–Kier alpha value is -1.90. The van der Waals surface area contributed by atoms with Crippen LogP contribution < -0.4 is 10.0 Å². The summed E-state index contributed by atoms with van der Waals surface area (Å²) in [5.41, 5.74) is 0.618. The third kappa shape index (κ3) is 5.33. The first-order valence-corrected chi connectivity index (χ1v) is 12.0. The third-order valence-electron chi connectivity index (χ3n) is 5.02. The summed E-state index contributed by atoms with van der Waals surface area (Å²) in [5.74, 6) is -0.267. The Morgan fingerprint density at radius 2 is 2.04 bits per heavy atom. The van der Waals surface area contributed by atoms with E-state index in [1.807, 2.05) is 0 Å². The summed E-state index contributed by atoms with van der Waals surface area (Å²) in [6, 6.07) is 10.5. The molecule has 1 aliphatic heterocycles. The van der Waals surface area contributed by atoms with Gasteiger partial charge in [0.1, 0.15) is 4.21 Å². The van der Waals surface area contributed by atoms with Gasteiger partial charge in [-0.1, -0.05) is 24.6 Å². The molecular formula is C20H27N3O3S2. The van der Waals surface area contributed by atoms with Gasteiger partial charge in [0.05, 0.1) is 11.3 Å². The number of thiophene rings is 1. The van der Waals surface area contributed by atoms with Crippen molar-refractivity contribution in [3.8, 4) is 0 Å². The van der Waals surface area contributed by atoms with Gasteiger partial charge in [0.2, 0.25) is 0 Å². The Bertz CT molecular complexity index is 882. The number of nitrogens with zero attached hydrogens (tertiary/aromatic N) is 1. The van der Waals surface area contributed by atoms with Crippen molar-refractivity contribution in [3.63, 3.8) is 0 Å². The first kappa shape index (κ1) is 20.8. The number of hydrogen-bond donors (Lipinski definition) is 2. The molecule has 152 valence electrons. The normalized spacial score (nSPS) is 18.0. The van der Waals surface area contributed by atoms with E-state index in [1.54, 1.807) is 35.7 Å². The number of para-hydroxylation sites is 1. The van der Waals surface area contributed by atoms with Crippen LogP contribution >= 0.6 is 11.3 Å². The van der Waals surface area contributed by atoms with Crippen LogP contribution in [-0.2, 0) is 10.0 Å². The van der Waals surface area contributed by atoms with E-state index in [0.717, 1.165) is 30.8 Å². The second kappa shape index (κ2) is 9.54. The summed E-state index contributed by atoms with van der Waals surface area (Å²) in [5, 5.41) is 4.62. The zero-order valence-electron chi connectivity index (χ0n) is 16.1. The van der Waals surface area contributed by atoms with Crippen LogP contribution in [0.25, 0.3) is 0 Å². The van der Waals surface area contributed by atoms with Crippen molar-refractivity contribution in [2.45, 2.75) is 42.9 Å². The number of piperidine rings is 1. The van der Waals surface area contributed by atoms with Gasteiger partial charge >= 0.3 is 0 Å². The van der Waals surface area contributed by atoms with E-state index in [-0.39, 0.29) is 15.8 Å². The average Bonchev–Trinajstić information content (AvgIpc) is 3.22. The molecule has 0 aliphatic carbocycles. The predicted octanol–water partition coefficient (Wildman–Crippen LogP) is 3.54. The molecule has 0 bridgehead atoms. The number of amides is 1. The summed E-state index contributed by atoms with van der Waals surface area (Å²) in [6.07, 6.45) is 4.66. The Morgan fingerprint density at radius 1 is 1.21 bits per heavy atom. The Morgan fingerprint density at radius 3 is 2.79 bits per heavy atom. The van der Waals surface area contributed by atoms with Gasteiger partial charge in [-0.3, -0.25) is 9.52 Å². The van der Waals surface area contributed by atoms with Crippen LogP contribution in [-0.4, -0.2) is 44.9 Å². The summed E-state index contributed by atoms with van der Waals surface area (Å²) in [6.45, 7) is 4.91. The van der Waals surface area contributed by atoms with Gasteiger partial charge in [-0.2, -0.15) is 0 Å². The number of carbonyl (C=O) groups is 1. The van der Waals surface area contributed by atoms with E-state index >= 15 is 0 Å². The SMILES string of the molecule is C[C@H]1CCCCN1CCCNC(=O)c1ccccc1NS(=O)(=O)c1cccs1. The van der Waals surface area contributed by atoms with Gasteiger partial charge in [-0.15, -0.1) is 11.3 Å². The zero-order valence-corrected chi connectivity index (χ0v) is 17.7. The van der Waals surface area contributed by atoms with E-state index in [0.29, 0.717) is 18.2 Å². The number of benzene rings is 1. The fourth-order valence-corrected chi connectivity index (χ4v) is 5.52. The summed E-state index contributed by atoms with van der Waals surface area (Å²) >= 11 is 1.14. The number of likely N-dealkylation sites (tertiary alicyclic amines) is 1. The Balaban J connectivity index is 1.57. The highest BCUT2D eigenvalue weighted by Crippen LogP contribution is 2.23. The van der Waals surface area contributed by atoms with Crippen molar-refractivity contribution >= 4 is 33.0 Å². The lowest BCUT2D eigenvalue weighted by Gasteiger charge is -2.33. The van der Waals surface area contributed by atoms with Gasteiger partial charge in [0.25, 0.3) is 15.9 Å². The molecule has 3 rings (SSSR count). The molecule has 0 saturated carbocycles. The monoisotopic (exact) mass is 421 g/mol. The van der Waals surface area contributed by atoms with Crippen LogP contribution in [0.1, 0.15) is 43.0 Å². The first-order chi connectivity index (χ1) is 13.5. The van der Waals surface area contributed by atoms with Crippen LogP contribution in [0.15, 0.2) is 46.0 Å². The molecule has 1 atom stereocenters. The molecule has 8 heteroatoms. The molecule has 6 nitrogen and oxygen atoms in total. The zero-order chi connectivity index (χ0) is 20.0. The minimum Gasteiger partial charge on any atom is -0.352 e. The van der Waals surface area contributed by atoms with Crippen molar-refractivity contribution in [1.82, 2.24) is 10.2 Å².